The summed E-state index contributed by atoms with van der Waals surface area (Å²) in [5, 5.41) is 0. The first kappa shape index (κ1) is 17.5. The number of hydrogen-bond donors (Lipinski definition) is 0. The van der Waals surface area contributed by atoms with Gasteiger partial charge in [0, 0.05) is 25.2 Å². The van der Waals surface area contributed by atoms with Crippen molar-refractivity contribution in [2.45, 2.75) is 19.9 Å². The Balaban J connectivity index is 1.83. The quantitative estimate of drug-likeness (QED) is 0.826. The van der Waals surface area contributed by atoms with E-state index in [1.54, 1.807) is 17.0 Å². The Bertz CT molecular complexity index is 879. The van der Waals surface area contributed by atoms with Crippen LogP contribution in [0.25, 0.3) is 0 Å². The molecule has 0 saturated carbocycles. The van der Waals surface area contributed by atoms with Crippen LogP contribution in [0.4, 0.5) is 5.69 Å². The molecule has 0 bridgehead atoms. The van der Waals surface area contributed by atoms with E-state index < -0.39 is 10.0 Å². The fourth-order valence-electron chi connectivity index (χ4n) is 3.16. The molecule has 1 amide bonds. The Morgan fingerprint density at radius 1 is 1.16 bits per heavy atom. The van der Waals surface area contributed by atoms with Crippen LogP contribution in [0.2, 0.25) is 0 Å². The maximum Gasteiger partial charge on any atom is 0.254 e. The maximum absolute atomic E-state index is 12.9. The number of hydrogen-bond acceptors (Lipinski definition) is 3. The predicted octanol–water partition coefficient (Wildman–Crippen LogP) is 2.67. The van der Waals surface area contributed by atoms with Crippen molar-refractivity contribution in [3.8, 4) is 0 Å². The molecule has 1 aliphatic heterocycles. The third-order valence-corrected chi connectivity index (χ3v) is 5.64. The molecule has 0 unspecified atom stereocenters. The molecule has 0 aliphatic carbocycles. The Hall–Kier alpha value is -2.34. The van der Waals surface area contributed by atoms with Crippen LogP contribution in [0.5, 0.6) is 0 Å². The minimum absolute atomic E-state index is 0.0352. The van der Waals surface area contributed by atoms with E-state index in [0.717, 1.165) is 11.1 Å². The lowest BCUT2D eigenvalue weighted by molar-refractivity contribution is 0.0752. The lowest BCUT2D eigenvalue weighted by atomic mass is 10.1. The van der Waals surface area contributed by atoms with Gasteiger partial charge in [0.25, 0.3) is 5.91 Å². The van der Waals surface area contributed by atoms with Crippen LogP contribution in [-0.2, 0) is 23.0 Å². The van der Waals surface area contributed by atoms with Gasteiger partial charge in [-0.3, -0.25) is 9.10 Å². The van der Waals surface area contributed by atoms with Crippen LogP contribution in [-0.4, -0.2) is 38.6 Å². The second-order valence-corrected chi connectivity index (χ2v) is 8.14. The van der Waals surface area contributed by atoms with Crippen LogP contribution in [0.15, 0.2) is 48.5 Å². The monoisotopic (exact) mass is 358 g/mol. The summed E-state index contributed by atoms with van der Waals surface area (Å²) in [5.74, 6) is -0.0352. The minimum atomic E-state index is -3.27. The predicted molar refractivity (Wildman–Crippen MR) is 99.2 cm³/mol. The fraction of sp³-hybridized carbons (Fsp3) is 0.316. The molecule has 1 heterocycles. The number of anilines is 1. The molecule has 0 aromatic heterocycles. The highest BCUT2D eigenvalue weighted by atomic mass is 32.2. The van der Waals surface area contributed by atoms with Gasteiger partial charge in [0.1, 0.15) is 0 Å². The SMILES string of the molecule is CCN(Cc1ccccc1)C(=O)c1ccc2c(c1)CCN2S(C)(=O)=O. The molecule has 0 spiro atoms. The van der Waals surface area contributed by atoms with Crippen molar-refractivity contribution in [3.05, 3.63) is 65.2 Å². The van der Waals surface area contributed by atoms with Gasteiger partial charge in [-0.1, -0.05) is 30.3 Å². The molecule has 0 atom stereocenters. The van der Waals surface area contributed by atoms with Gasteiger partial charge < -0.3 is 4.90 Å². The summed E-state index contributed by atoms with van der Waals surface area (Å²) in [6.45, 7) is 3.57. The second kappa shape index (κ2) is 6.88. The van der Waals surface area contributed by atoms with Crippen LogP contribution < -0.4 is 4.31 Å². The lowest BCUT2D eigenvalue weighted by Crippen LogP contribution is -2.30. The number of rotatable bonds is 5. The van der Waals surface area contributed by atoms with E-state index in [1.807, 2.05) is 43.3 Å². The molecule has 25 heavy (non-hydrogen) atoms. The molecule has 0 fully saturated rings. The first-order valence-electron chi connectivity index (χ1n) is 8.34. The standard InChI is InChI=1S/C19H22N2O3S/c1-3-20(14-15-7-5-4-6-8-15)19(22)17-9-10-18-16(13-17)11-12-21(18)25(2,23)24/h4-10,13H,3,11-12,14H2,1-2H3. The zero-order chi connectivity index (χ0) is 18.0. The molecular weight excluding hydrogens is 336 g/mol. The van der Waals surface area contributed by atoms with Gasteiger partial charge in [0.2, 0.25) is 10.0 Å². The summed E-state index contributed by atoms with van der Waals surface area (Å²) in [7, 11) is -3.27. The Labute approximate surface area is 148 Å². The highest BCUT2D eigenvalue weighted by molar-refractivity contribution is 7.92. The topological polar surface area (TPSA) is 57.7 Å². The molecular formula is C19H22N2O3S. The Morgan fingerprint density at radius 2 is 1.88 bits per heavy atom. The molecule has 5 nitrogen and oxygen atoms in total. The highest BCUT2D eigenvalue weighted by Gasteiger charge is 2.27. The van der Waals surface area contributed by atoms with Crippen molar-refractivity contribution in [3.63, 3.8) is 0 Å². The van der Waals surface area contributed by atoms with Crippen molar-refractivity contribution < 1.29 is 13.2 Å². The fourth-order valence-corrected chi connectivity index (χ4v) is 4.12. The van der Waals surface area contributed by atoms with E-state index in [1.165, 1.54) is 10.6 Å². The smallest absolute Gasteiger partial charge is 0.254 e. The molecule has 2 aromatic rings. The van der Waals surface area contributed by atoms with Gasteiger partial charge in [0.15, 0.2) is 0 Å². The summed E-state index contributed by atoms with van der Waals surface area (Å²) >= 11 is 0. The third-order valence-electron chi connectivity index (χ3n) is 4.46. The molecule has 0 radical (unpaired) electrons. The number of carbonyl (C=O) groups is 1. The van der Waals surface area contributed by atoms with Gasteiger partial charge >= 0.3 is 0 Å². The van der Waals surface area contributed by atoms with E-state index in [-0.39, 0.29) is 5.91 Å². The molecule has 0 N–H and O–H groups in total. The molecule has 0 saturated heterocycles. The minimum Gasteiger partial charge on any atom is -0.335 e. The van der Waals surface area contributed by atoms with Crippen molar-refractivity contribution in [2.75, 3.05) is 23.7 Å². The average molecular weight is 358 g/mol. The van der Waals surface area contributed by atoms with E-state index in [2.05, 4.69) is 0 Å². The summed E-state index contributed by atoms with van der Waals surface area (Å²) in [4.78, 5) is 14.6. The summed E-state index contributed by atoms with van der Waals surface area (Å²) in [6.07, 6.45) is 1.84. The number of fused-ring (bicyclic) bond motifs is 1. The van der Waals surface area contributed by atoms with Gasteiger partial charge in [0.05, 0.1) is 11.9 Å². The van der Waals surface area contributed by atoms with Crippen molar-refractivity contribution in [1.29, 1.82) is 0 Å². The van der Waals surface area contributed by atoms with E-state index in [0.29, 0.717) is 37.3 Å². The largest absolute Gasteiger partial charge is 0.335 e. The first-order valence-corrected chi connectivity index (χ1v) is 10.2. The molecule has 132 valence electrons. The Morgan fingerprint density at radius 3 is 2.52 bits per heavy atom. The highest BCUT2D eigenvalue weighted by Crippen LogP contribution is 2.31. The van der Waals surface area contributed by atoms with Crippen LogP contribution in [0, 0.1) is 0 Å². The van der Waals surface area contributed by atoms with Crippen molar-refractivity contribution in [1.82, 2.24) is 4.90 Å². The van der Waals surface area contributed by atoms with Crippen molar-refractivity contribution >= 4 is 21.6 Å². The lowest BCUT2D eigenvalue weighted by Gasteiger charge is -2.22. The number of amides is 1. The molecule has 6 heteroatoms. The van der Waals surface area contributed by atoms with Crippen molar-refractivity contribution in [2.24, 2.45) is 0 Å². The number of sulfonamides is 1. The molecule has 1 aliphatic rings. The Kier molecular flexibility index (Phi) is 4.81. The number of benzene rings is 2. The zero-order valence-electron chi connectivity index (χ0n) is 14.5. The second-order valence-electron chi connectivity index (χ2n) is 6.23. The van der Waals surface area contributed by atoms with Crippen LogP contribution in [0.3, 0.4) is 0 Å². The van der Waals surface area contributed by atoms with Crippen LogP contribution >= 0.6 is 0 Å². The van der Waals surface area contributed by atoms with E-state index in [4.69, 9.17) is 0 Å². The molecule has 2 aromatic carbocycles. The number of carbonyl (C=O) groups excluding carboxylic acids is 1. The molecule has 3 rings (SSSR count). The summed E-state index contributed by atoms with van der Waals surface area (Å²) < 4.78 is 25.0. The van der Waals surface area contributed by atoms with Gasteiger partial charge in [-0.2, -0.15) is 0 Å². The zero-order valence-corrected chi connectivity index (χ0v) is 15.3. The van der Waals surface area contributed by atoms with E-state index in [9.17, 15) is 13.2 Å². The van der Waals surface area contributed by atoms with Crippen LogP contribution in [0.1, 0.15) is 28.4 Å². The van der Waals surface area contributed by atoms with Gasteiger partial charge in [-0.25, -0.2) is 8.42 Å². The first-order chi connectivity index (χ1) is 11.9. The third kappa shape index (κ3) is 3.69. The summed E-state index contributed by atoms with van der Waals surface area (Å²) in [5.41, 5.74) is 3.28. The van der Waals surface area contributed by atoms with E-state index >= 15 is 0 Å². The van der Waals surface area contributed by atoms with Gasteiger partial charge in [-0.15, -0.1) is 0 Å². The summed E-state index contributed by atoms with van der Waals surface area (Å²) in [6, 6.07) is 15.2. The number of nitrogens with zero attached hydrogens (tertiary/aromatic N) is 2. The average Bonchev–Trinajstić information content (AvgIpc) is 3.03. The maximum atomic E-state index is 12.9. The van der Waals surface area contributed by atoms with Gasteiger partial charge in [-0.05, 0) is 42.7 Å². The normalized spacial score (nSPS) is 13.6.